The molecule has 0 bridgehead atoms. The second-order valence-electron chi connectivity index (χ2n) is 4.13. The fraction of sp³-hybridized carbons (Fsp3) is 0.0714. The number of benzene rings is 2. The average molecular weight is 373 g/mol. The fourth-order valence-corrected chi connectivity index (χ4v) is 2.73. The molecule has 1 amide bonds. The van der Waals surface area contributed by atoms with Gasteiger partial charge in [0.25, 0.3) is 0 Å². The number of thioether (sulfide) groups is 1. The van der Waals surface area contributed by atoms with Crippen LogP contribution in [0.4, 0.5) is 20.2 Å². The zero-order valence-corrected chi connectivity index (χ0v) is 13.1. The Bertz CT molecular complexity index is 659. The van der Waals surface area contributed by atoms with Crippen molar-refractivity contribution in [1.29, 1.82) is 0 Å². The minimum absolute atomic E-state index is 0.00650. The van der Waals surface area contributed by atoms with E-state index in [1.807, 2.05) is 6.07 Å². The Morgan fingerprint density at radius 1 is 1.24 bits per heavy atom. The predicted molar refractivity (Wildman–Crippen MR) is 84.3 cm³/mol. The van der Waals surface area contributed by atoms with Gasteiger partial charge in [0.1, 0.15) is 11.6 Å². The maximum Gasteiger partial charge on any atom is 0.234 e. The Morgan fingerprint density at radius 2 is 1.86 bits per heavy atom. The summed E-state index contributed by atoms with van der Waals surface area (Å²) in [5.41, 5.74) is 5.93. The van der Waals surface area contributed by atoms with Gasteiger partial charge in [-0.2, -0.15) is 0 Å². The van der Waals surface area contributed by atoms with Gasteiger partial charge in [-0.05, 0) is 40.2 Å². The molecule has 0 fully saturated rings. The van der Waals surface area contributed by atoms with Gasteiger partial charge in [0.2, 0.25) is 5.91 Å². The Morgan fingerprint density at radius 3 is 2.48 bits per heavy atom. The lowest BCUT2D eigenvalue weighted by Gasteiger charge is -2.08. The van der Waals surface area contributed by atoms with Gasteiger partial charge >= 0.3 is 0 Å². The van der Waals surface area contributed by atoms with Gasteiger partial charge in [0, 0.05) is 10.2 Å². The quantitative estimate of drug-likeness (QED) is 0.628. The third kappa shape index (κ3) is 4.18. The molecule has 2 aromatic rings. The molecule has 0 aliphatic carbocycles. The summed E-state index contributed by atoms with van der Waals surface area (Å²) in [7, 11) is 0. The van der Waals surface area contributed by atoms with Crippen LogP contribution in [0, 0.1) is 11.6 Å². The Balaban J connectivity index is 2.01. The molecule has 110 valence electrons. The maximum absolute atomic E-state index is 13.6. The van der Waals surface area contributed by atoms with Crippen molar-refractivity contribution in [3.05, 3.63) is 52.5 Å². The molecule has 0 unspecified atom stereocenters. The van der Waals surface area contributed by atoms with Crippen molar-refractivity contribution in [3.63, 3.8) is 0 Å². The molecular formula is C14H11BrF2N2OS. The number of nitrogens with one attached hydrogen (secondary N) is 1. The SMILES string of the molecule is Nc1cc(F)c(SCC(=O)Nc2ccccc2Br)c(F)c1. The van der Waals surface area contributed by atoms with Crippen molar-refractivity contribution in [2.24, 2.45) is 0 Å². The van der Waals surface area contributed by atoms with Crippen LogP contribution in [0.25, 0.3) is 0 Å². The fourth-order valence-electron chi connectivity index (χ4n) is 1.60. The maximum atomic E-state index is 13.6. The summed E-state index contributed by atoms with van der Waals surface area (Å²) >= 11 is 4.08. The standard InChI is InChI=1S/C14H11BrF2N2OS/c15-9-3-1-2-4-12(9)19-13(20)7-21-14-10(16)5-8(18)6-11(14)17/h1-6H,7,18H2,(H,19,20). The highest BCUT2D eigenvalue weighted by molar-refractivity contribution is 9.10. The minimum atomic E-state index is -0.772. The molecule has 7 heteroatoms. The zero-order chi connectivity index (χ0) is 15.4. The number of nitrogen functional groups attached to an aromatic ring is 1. The van der Waals surface area contributed by atoms with Gasteiger partial charge < -0.3 is 11.1 Å². The van der Waals surface area contributed by atoms with Gasteiger partial charge in [0.15, 0.2) is 0 Å². The molecule has 3 N–H and O–H groups in total. The first-order valence-electron chi connectivity index (χ1n) is 5.89. The van der Waals surface area contributed by atoms with E-state index in [2.05, 4.69) is 21.2 Å². The van der Waals surface area contributed by atoms with Crippen LogP contribution in [0.1, 0.15) is 0 Å². The number of rotatable bonds is 4. The summed E-state index contributed by atoms with van der Waals surface area (Å²) in [5.74, 6) is -2.01. The molecular weight excluding hydrogens is 362 g/mol. The molecule has 0 saturated carbocycles. The Hall–Kier alpha value is -1.60. The monoisotopic (exact) mass is 372 g/mol. The van der Waals surface area contributed by atoms with E-state index in [0.717, 1.165) is 28.4 Å². The van der Waals surface area contributed by atoms with E-state index >= 15 is 0 Å². The van der Waals surface area contributed by atoms with E-state index in [-0.39, 0.29) is 22.2 Å². The molecule has 2 aromatic carbocycles. The highest BCUT2D eigenvalue weighted by Gasteiger charge is 2.13. The highest BCUT2D eigenvalue weighted by atomic mass is 79.9. The van der Waals surface area contributed by atoms with Crippen LogP contribution >= 0.6 is 27.7 Å². The summed E-state index contributed by atoms with van der Waals surface area (Å²) in [6.07, 6.45) is 0. The van der Waals surface area contributed by atoms with Crippen LogP contribution in [0.3, 0.4) is 0 Å². The normalized spacial score (nSPS) is 10.4. The number of halogens is 3. The molecule has 0 radical (unpaired) electrons. The molecule has 0 aliphatic heterocycles. The lowest BCUT2D eigenvalue weighted by atomic mass is 10.3. The summed E-state index contributed by atoms with van der Waals surface area (Å²) in [6, 6.07) is 9.13. The summed E-state index contributed by atoms with van der Waals surface area (Å²) < 4.78 is 27.9. The van der Waals surface area contributed by atoms with Crippen molar-refractivity contribution < 1.29 is 13.6 Å². The highest BCUT2D eigenvalue weighted by Crippen LogP contribution is 2.28. The minimum Gasteiger partial charge on any atom is -0.399 e. The van der Waals surface area contributed by atoms with Crippen LogP contribution in [-0.4, -0.2) is 11.7 Å². The van der Waals surface area contributed by atoms with E-state index in [0.29, 0.717) is 5.69 Å². The Kier molecular flexibility index (Phi) is 5.19. The van der Waals surface area contributed by atoms with Crippen LogP contribution < -0.4 is 11.1 Å². The first kappa shape index (κ1) is 15.8. The molecule has 21 heavy (non-hydrogen) atoms. The van der Waals surface area contributed by atoms with Crippen LogP contribution in [0.15, 0.2) is 45.8 Å². The first-order chi connectivity index (χ1) is 9.97. The van der Waals surface area contributed by atoms with E-state index in [1.54, 1.807) is 18.2 Å². The number of anilines is 2. The number of carbonyl (C=O) groups is 1. The van der Waals surface area contributed by atoms with E-state index in [1.165, 1.54) is 0 Å². The lowest BCUT2D eigenvalue weighted by molar-refractivity contribution is -0.113. The van der Waals surface area contributed by atoms with Crippen molar-refractivity contribution in [2.45, 2.75) is 4.90 Å². The molecule has 0 saturated heterocycles. The largest absolute Gasteiger partial charge is 0.399 e. The molecule has 0 aliphatic rings. The van der Waals surface area contributed by atoms with Crippen LogP contribution in [0.5, 0.6) is 0 Å². The predicted octanol–water partition coefficient (Wildman–Crippen LogP) is 4.04. The first-order valence-corrected chi connectivity index (χ1v) is 7.67. The molecule has 0 heterocycles. The number of hydrogen-bond acceptors (Lipinski definition) is 3. The number of carbonyl (C=O) groups excluding carboxylic acids is 1. The van der Waals surface area contributed by atoms with E-state index in [4.69, 9.17) is 5.73 Å². The molecule has 3 nitrogen and oxygen atoms in total. The molecule has 2 rings (SSSR count). The topological polar surface area (TPSA) is 55.1 Å². The van der Waals surface area contributed by atoms with Gasteiger partial charge in [-0.25, -0.2) is 8.78 Å². The van der Waals surface area contributed by atoms with Gasteiger partial charge in [-0.1, -0.05) is 12.1 Å². The second-order valence-corrected chi connectivity index (χ2v) is 5.97. The molecule has 0 spiro atoms. The third-order valence-electron chi connectivity index (χ3n) is 2.52. The summed E-state index contributed by atoms with van der Waals surface area (Å²) in [4.78, 5) is 11.6. The van der Waals surface area contributed by atoms with Crippen molar-refractivity contribution >= 4 is 45.0 Å². The zero-order valence-electron chi connectivity index (χ0n) is 10.7. The lowest BCUT2D eigenvalue weighted by Crippen LogP contribution is -2.14. The number of amides is 1. The van der Waals surface area contributed by atoms with Gasteiger partial charge in [-0.15, -0.1) is 11.8 Å². The number of para-hydroxylation sites is 1. The molecule has 0 atom stereocenters. The molecule has 0 aromatic heterocycles. The van der Waals surface area contributed by atoms with Crippen molar-refractivity contribution in [1.82, 2.24) is 0 Å². The smallest absolute Gasteiger partial charge is 0.234 e. The van der Waals surface area contributed by atoms with Gasteiger partial charge in [-0.3, -0.25) is 4.79 Å². The summed E-state index contributed by atoms with van der Waals surface area (Å²) in [5, 5.41) is 2.65. The summed E-state index contributed by atoms with van der Waals surface area (Å²) in [6.45, 7) is 0. The third-order valence-corrected chi connectivity index (χ3v) is 4.29. The van der Waals surface area contributed by atoms with Crippen molar-refractivity contribution in [3.8, 4) is 0 Å². The average Bonchev–Trinajstić information content (AvgIpc) is 2.40. The van der Waals surface area contributed by atoms with Gasteiger partial charge in [0.05, 0.1) is 16.3 Å². The van der Waals surface area contributed by atoms with Crippen LogP contribution in [-0.2, 0) is 4.79 Å². The number of nitrogens with two attached hydrogens (primary N) is 1. The number of hydrogen-bond donors (Lipinski definition) is 2. The Labute approximate surface area is 133 Å². The second kappa shape index (κ2) is 6.91. The van der Waals surface area contributed by atoms with E-state index < -0.39 is 11.6 Å². The van der Waals surface area contributed by atoms with Crippen LogP contribution in [0.2, 0.25) is 0 Å². The van der Waals surface area contributed by atoms with E-state index in [9.17, 15) is 13.6 Å². The van der Waals surface area contributed by atoms with Crippen molar-refractivity contribution in [2.75, 3.05) is 16.8 Å².